The number of aliphatic hydroxyl groups excluding tert-OH is 1. The van der Waals surface area contributed by atoms with Crippen molar-refractivity contribution in [2.24, 2.45) is 11.8 Å². The molecule has 152 valence electrons. The van der Waals surface area contributed by atoms with E-state index in [-0.39, 0.29) is 42.3 Å². The van der Waals surface area contributed by atoms with Gasteiger partial charge < -0.3 is 9.84 Å². The van der Waals surface area contributed by atoms with Crippen LogP contribution < -0.4 is 4.74 Å². The van der Waals surface area contributed by atoms with Gasteiger partial charge in [-0.15, -0.1) is 0 Å². The lowest BCUT2D eigenvalue weighted by Crippen LogP contribution is -2.22. The number of aliphatic hydroxyl groups is 1. The topological polar surface area (TPSA) is 63.6 Å². The van der Waals surface area contributed by atoms with Crippen molar-refractivity contribution in [1.82, 2.24) is 0 Å². The van der Waals surface area contributed by atoms with Crippen molar-refractivity contribution in [2.75, 3.05) is 13.3 Å². The summed E-state index contributed by atoms with van der Waals surface area (Å²) in [6, 6.07) is 12.9. The molecule has 0 aromatic heterocycles. The van der Waals surface area contributed by atoms with E-state index in [4.69, 9.17) is 4.74 Å². The molecule has 0 bridgehead atoms. The van der Waals surface area contributed by atoms with Crippen LogP contribution in [0.5, 0.6) is 5.75 Å². The third-order valence-electron chi connectivity index (χ3n) is 6.10. The van der Waals surface area contributed by atoms with Gasteiger partial charge in [0.05, 0.1) is 11.5 Å². The van der Waals surface area contributed by atoms with Gasteiger partial charge in [-0.2, -0.15) is 0 Å². The van der Waals surface area contributed by atoms with E-state index in [9.17, 15) is 19.1 Å². The number of rotatable bonds is 8. The zero-order valence-electron chi connectivity index (χ0n) is 16.4. The third-order valence-corrected chi connectivity index (χ3v) is 6.10. The SMILES string of the molecule is CCC(=O)c1cc(C(=O)C[C@H]2C[C@@H]2CO)cc2c1O[C@H](CF)[C@H]2c1ccccc1. The van der Waals surface area contributed by atoms with Crippen LogP contribution in [0.2, 0.25) is 0 Å². The minimum Gasteiger partial charge on any atom is -0.486 e. The first-order chi connectivity index (χ1) is 14.1. The summed E-state index contributed by atoms with van der Waals surface area (Å²) in [4.78, 5) is 25.5. The molecule has 2 aromatic carbocycles. The number of halogens is 1. The summed E-state index contributed by atoms with van der Waals surface area (Å²) in [6.07, 6.45) is 0.767. The average Bonchev–Trinajstić information content (AvgIpc) is 3.40. The van der Waals surface area contributed by atoms with Crippen LogP contribution in [-0.4, -0.2) is 36.1 Å². The summed E-state index contributed by atoms with van der Waals surface area (Å²) in [5, 5.41) is 9.24. The Morgan fingerprint density at radius 3 is 2.52 bits per heavy atom. The van der Waals surface area contributed by atoms with Crippen LogP contribution in [-0.2, 0) is 0 Å². The highest BCUT2D eigenvalue weighted by molar-refractivity contribution is 6.04. The second-order valence-electron chi connectivity index (χ2n) is 7.98. The number of fused-ring (bicyclic) bond motifs is 1. The van der Waals surface area contributed by atoms with Gasteiger partial charge in [0.1, 0.15) is 18.5 Å². The molecule has 4 atom stereocenters. The standard InChI is InChI=1S/C24H25FO4/c1-2-20(27)18-9-16(21(28)11-15-8-17(15)13-26)10-19-23(14-6-4-3-5-7-14)22(12-25)29-24(18)19/h3-7,9-10,15,17,22-23,26H,2,8,11-13H2,1H3/t15-,17-,22-,23+/m1/s1. The van der Waals surface area contributed by atoms with Gasteiger partial charge in [0.25, 0.3) is 0 Å². The number of carbonyl (C=O) groups excluding carboxylic acids is 2. The molecule has 0 saturated heterocycles. The Morgan fingerprint density at radius 2 is 1.90 bits per heavy atom. The number of hydrogen-bond acceptors (Lipinski definition) is 4. The van der Waals surface area contributed by atoms with E-state index in [0.29, 0.717) is 28.9 Å². The normalized spacial score (nSPS) is 24.7. The lowest BCUT2D eigenvalue weighted by atomic mass is 9.85. The molecule has 2 aromatic rings. The number of ether oxygens (including phenoxy) is 1. The molecule has 1 heterocycles. The lowest BCUT2D eigenvalue weighted by molar-refractivity contribution is 0.0972. The number of hydrogen-bond donors (Lipinski definition) is 1. The Balaban J connectivity index is 1.76. The first kappa shape index (κ1) is 19.8. The molecule has 4 rings (SSSR count). The largest absolute Gasteiger partial charge is 0.486 e. The molecule has 0 radical (unpaired) electrons. The third kappa shape index (κ3) is 3.71. The van der Waals surface area contributed by atoms with Crippen LogP contribution in [0, 0.1) is 11.8 Å². The molecule has 0 amide bonds. The Morgan fingerprint density at radius 1 is 1.14 bits per heavy atom. The van der Waals surface area contributed by atoms with Crippen LogP contribution in [0.25, 0.3) is 0 Å². The van der Waals surface area contributed by atoms with Crippen molar-refractivity contribution >= 4 is 11.6 Å². The zero-order chi connectivity index (χ0) is 20.5. The predicted octanol–water partition coefficient (Wildman–Crippen LogP) is 4.34. The Labute approximate surface area is 169 Å². The van der Waals surface area contributed by atoms with Crippen LogP contribution in [0.1, 0.15) is 63.9 Å². The maximum atomic E-state index is 13.8. The molecule has 1 aliphatic carbocycles. The van der Waals surface area contributed by atoms with Crippen LogP contribution in [0.15, 0.2) is 42.5 Å². The molecule has 4 nitrogen and oxygen atoms in total. The number of benzene rings is 2. The maximum absolute atomic E-state index is 13.8. The van der Waals surface area contributed by atoms with Crippen molar-refractivity contribution in [3.05, 3.63) is 64.7 Å². The second kappa shape index (κ2) is 8.07. The van der Waals surface area contributed by atoms with Gasteiger partial charge in [0.2, 0.25) is 0 Å². The van der Waals surface area contributed by atoms with E-state index < -0.39 is 12.8 Å². The molecule has 1 N–H and O–H groups in total. The Hall–Kier alpha value is -2.53. The van der Waals surface area contributed by atoms with E-state index in [2.05, 4.69) is 0 Å². The number of ketones is 2. The monoisotopic (exact) mass is 396 g/mol. The summed E-state index contributed by atoms with van der Waals surface area (Å²) in [5.41, 5.74) is 2.43. The van der Waals surface area contributed by atoms with Crippen molar-refractivity contribution in [1.29, 1.82) is 0 Å². The molecule has 29 heavy (non-hydrogen) atoms. The second-order valence-corrected chi connectivity index (χ2v) is 7.98. The van der Waals surface area contributed by atoms with Gasteiger partial charge in [-0.3, -0.25) is 9.59 Å². The van der Waals surface area contributed by atoms with E-state index in [1.54, 1.807) is 19.1 Å². The number of Topliss-reactive ketones (excluding diaryl/α,β-unsaturated/α-hetero) is 2. The van der Waals surface area contributed by atoms with Crippen LogP contribution in [0.3, 0.4) is 0 Å². The smallest absolute Gasteiger partial charge is 0.166 e. The van der Waals surface area contributed by atoms with E-state index in [0.717, 1.165) is 12.0 Å². The minimum absolute atomic E-state index is 0.0468. The summed E-state index contributed by atoms with van der Waals surface area (Å²) >= 11 is 0. The molecule has 0 spiro atoms. The number of carbonyl (C=O) groups is 2. The lowest BCUT2D eigenvalue weighted by Gasteiger charge is -2.16. The van der Waals surface area contributed by atoms with Crippen LogP contribution >= 0.6 is 0 Å². The molecule has 0 unspecified atom stereocenters. The van der Waals surface area contributed by atoms with Crippen LogP contribution in [0.4, 0.5) is 4.39 Å². The molecule has 2 aliphatic rings. The average molecular weight is 396 g/mol. The highest BCUT2D eigenvalue weighted by Gasteiger charge is 2.40. The zero-order valence-corrected chi connectivity index (χ0v) is 16.4. The quantitative estimate of drug-likeness (QED) is 0.674. The first-order valence-corrected chi connectivity index (χ1v) is 10.2. The fourth-order valence-corrected chi connectivity index (χ4v) is 4.31. The maximum Gasteiger partial charge on any atom is 0.166 e. The minimum atomic E-state index is -0.719. The van der Waals surface area contributed by atoms with Crippen molar-refractivity contribution < 1.29 is 23.8 Å². The van der Waals surface area contributed by atoms with E-state index >= 15 is 0 Å². The fraction of sp³-hybridized carbons (Fsp3) is 0.417. The van der Waals surface area contributed by atoms with Gasteiger partial charge in [0.15, 0.2) is 11.6 Å². The summed E-state index contributed by atoms with van der Waals surface area (Å²) in [6.45, 7) is 1.18. The van der Waals surface area contributed by atoms with Gasteiger partial charge in [-0.25, -0.2) is 4.39 Å². The predicted molar refractivity (Wildman–Crippen MR) is 107 cm³/mol. The van der Waals surface area contributed by atoms with Gasteiger partial charge in [-0.05, 0) is 36.0 Å². The number of alkyl halides is 1. The molecular weight excluding hydrogens is 371 g/mol. The summed E-state index contributed by atoms with van der Waals surface area (Å²) in [5.74, 6) is 0.270. The Kier molecular flexibility index (Phi) is 5.50. The van der Waals surface area contributed by atoms with Gasteiger partial charge in [-0.1, -0.05) is 37.3 Å². The molecular formula is C24H25FO4. The van der Waals surface area contributed by atoms with Gasteiger partial charge >= 0.3 is 0 Å². The highest BCUT2D eigenvalue weighted by Crippen LogP contribution is 2.46. The Bertz CT molecular complexity index is 924. The van der Waals surface area contributed by atoms with Crippen molar-refractivity contribution in [2.45, 2.75) is 38.2 Å². The fourth-order valence-electron chi connectivity index (χ4n) is 4.31. The molecule has 1 saturated carbocycles. The van der Waals surface area contributed by atoms with Crippen molar-refractivity contribution in [3.8, 4) is 5.75 Å². The molecule has 5 heteroatoms. The van der Waals surface area contributed by atoms with Crippen molar-refractivity contribution in [3.63, 3.8) is 0 Å². The summed E-state index contributed by atoms with van der Waals surface area (Å²) < 4.78 is 19.7. The van der Waals surface area contributed by atoms with E-state index in [1.807, 2.05) is 30.3 Å². The molecule has 1 aliphatic heterocycles. The highest BCUT2D eigenvalue weighted by atomic mass is 19.1. The molecule has 1 fully saturated rings. The first-order valence-electron chi connectivity index (χ1n) is 10.2. The summed E-state index contributed by atoms with van der Waals surface area (Å²) in [7, 11) is 0. The van der Waals surface area contributed by atoms with E-state index in [1.165, 1.54) is 0 Å². The van der Waals surface area contributed by atoms with Gasteiger partial charge in [0, 0.05) is 30.6 Å².